The van der Waals surface area contributed by atoms with E-state index in [0.717, 1.165) is 6.07 Å². The summed E-state index contributed by atoms with van der Waals surface area (Å²) >= 11 is 0. The summed E-state index contributed by atoms with van der Waals surface area (Å²) in [4.78, 5) is 14.6. The van der Waals surface area contributed by atoms with Gasteiger partial charge in [-0.3, -0.25) is 4.98 Å². The van der Waals surface area contributed by atoms with Crippen LogP contribution < -0.4 is 0 Å². The fourth-order valence-corrected chi connectivity index (χ4v) is 1.31. The van der Waals surface area contributed by atoms with E-state index in [1.165, 1.54) is 18.3 Å². The molecule has 1 aromatic carbocycles. The van der Waals surface area contributed by atoms with Crippen molar-refractivity contribution >= 4 is 16.9 Å². The normalized spacial score (nSPS) is 10.4. The number of hydrogen-bond donors (Lipinski definition) is 1. The summed E-state index contributed by atoms with van der Waals surface area (Å²) in [6.07, 6.45) is 1.44. The Morgan fingerprint density at radius 2 is 2.14 bits per heavy atom. The Balaban J connectivity index is 2.88. The van der Waals surface area contributed by atoms with Crippen LogP contribution in [0.2, 0.25) is 0 Å². The van der Waals surface area contributed by atoms with Gasteiger partial charge in [0.25, 0.3) is 0 Å². The van der Waals surface area contributed by atoms with E-state index < -0.39 is 11.8 Å². The number of aromatic carboxylic acids is 1. The zero-order valence-corrected chi connectivity index (χ0v) is 7.07. The third kappa shape index (κ3) is 1.21. The van der Waals surface area contributed by atoms with Gasteiger partial charge in [0.1, 0.15) is 5.82 Å². The minimum Gasteiger partial charge on any atom is -0.478 e. The molecule has 4 heteroatoms. The van der Waals surface area contributed by atoms with Gasteiger partial charge in [-0.1, -0.05) is 0 Å². The number of benzene rings is 1. The second kappa shape index (κ2) is 3.06. The van der Waals surface area contributed by atoms with E-state index in [0.29, 0.717) is 0 Å². The molecule has 0 amide bonds. The van der Waals surface area contributed by atoms with Crippen LogP contribution in [0.5, 0.6) is 0 Å². The van der Waals surface area contributed by atoms with Crippen LogP contribution in [0.3, 0.4) is 0 Å². The summed E-state index contributed by atoms with van der Waals surface area (Å²) in [7, 11) is 0. The number of rotatable bonds is 1. The predicted molar refractivity (Wildman–Crippen MR) is 48.7 cm³/mol. The maximum absolute atomic E-state index is 13.2. The average Bonchev–Trinajstić information content (AvgIpc) is 2.18. The Labute approximate surface area is 78.8 Å². The highest BCUT2D eigenvalue weighted by atomic mass is 19.1. The molecular weight excluding hydrogens is 185 g/mol. The Kier molecular flexibility index (Phi) is 1.89. The summed E-state index contributed by atoms with van der Waals surface area (Å²) in [5.41, 5.74) is 0.196. The fraction of sp³-hybridized carbons (Fsp3) is 0. The van der Waals surface area contributed by atoms with Gasteiger partial charge in [-0.15, -0.1) is 0 Å². The summed E-state index contributed by atoms with van der Waals surface area (Å²) in [5, 5.41) is 9.04. The highest BCUT2D eigenvalue weighted by Gasteiger charge is 2.11. The van der Waals surface area contributed by atoms with Gasteiger partial charge >= 0.3 is 5.97 Å². The van der Waals surface area contributed by atoms with Gasteiger partial charge in [-0.25, -0.2) is 9.18 Å². The standard InChI is InChI=1S/C10H6FNO2/c11-8-4-3-7(10(13)14)9-6(8)2-1-5-12-9/h1-5H,(H,13,14). The Morgan fingerprint density at radius 1 is 1.36 bits per heavy atom. The smallest absolute Gasteiger partial charge is 0.337 e. The number of aromatic nitrogens is 1. The molecule has 0 aliphatic rings. The van der Waals surface area contributed by atoms with Crippen LogP contribution in [0.4, 0.5) is 4.39 Å². The van der Waals surface area contributed by atoms with Crippen molar-refractivity contribution in [1.29, 1.82) is 0 Å². The van der Waals surface area contributed by atoms with E-state index in [1.807, 2.05) is 0 Å². The maximum Gasteiger partial charge on any atom is 0.337 e. The van der Waals surface area contributed by atoms with Crippen molar-refractivity contribution in [1.82, 2.24) is 4.98 Å². The lowest BCUT2D eigenvalue weighted by molar-refractivity contribution is 0.0699. The zero-order chi connectivity index (χ0) is 10.1. The number of hydrogen-bond acceptors (Lipinski definition) is 2. The first-order valence-corrected chi connectivity index (χ1v) is 3.96. The maximum atomic E-state index is 13.2. The molecule has 0 radical (unpaired) electrons. The molecule has 1 heterocycles. The van der Waals surface area contributed by atoms with E-state index in [9.17, 15) is 9.18 Å². The van der Waals surface area contributed by atoms with Crippen LogP contribution in [-0.2, 0) is 0 Å². The summed E-state index contributed by atoms with van der Waals surface area (Å²) < 4.78 is 13.2. The summed E-state index contributed by atoms with van der Waals surface area (Å²) in [5.74, 6) is -1.56. The lowest BCUT2D eigenvalue weighted by atomic mass is 10.1. The molecular formula is C10H6FNO2. The third-order valence-corrected chi connectivity index (χ3v) is 1.95. The molecule has 0 fully saturated rings. The molecule has 2 aromatic rings. The first-order chi connectivity index (χ1) is 6.70. The number of carboxylic acids is 1. The number of pyridine rings is 1. The lowest BCUT2D eigenvalue weighted by Crippen LogP contribution is -1.99. The molecule has 3 nitrogen and oxygen atoms in total. The fourth-order valence-electron chi connectivity index (χ4n) is 1.31. The SMILES string of the molecule is O=C(O)c1ccc(F)c2cccnc12. The van der Waals surface area contributed by atoms with Gasteiger partial charge in [0.05, 0.1) is 11.1 Å². The van der Waals surface area contributed by atoms with Crippen LogP contribution in [0.1, 0.15) is 10.4 Å². The summed E-state index contributed by atoms with van der Waals surface area (Å²) in [6.45, 7) is 0. The molecule has 0 aliphatic heterocycles. The van der Waals surface area contributed by atoms with Gasteiger partial charge in [0, 0.05) is 11.6 Å². The molecule has 0 spiro atoms. The first kappa shape index (κ1) is 8.62. The lowest BCUT2D eigenvalue weighted by Gasteiger charge is -2.01. The van der Waals surface area contributed by atoms with Crippen molar-refractivity contribution < 1.29 is 14.3 Å². The molecule has 1 aromatic heterocycles. The van der Waals surface area contributed by atoms with Gasteiger partial charge in [-0.05, 0) is 24.3 Å². The van der Waals surface area contributed by atoms with Crippen LogP contribution in [0.15, 0.2) is 30.5 Å². The molecule has 0 unspecified atom stereocenters. The minimum atomic E-state index is -1.10. The molecule has 2 rings (SSSR count). The number of fused-ring (bicyclic) bond motifs is 1. The second-order valence-corrected chi connectivity index (χ2v) is 2.80. The van der Waals surface area contributed by atoms with Crippen LogP contribution in [-0.4, -0.2) is 16.1 Å². The second-order valence-electron chi connectivity index (χ2n) is 2.80. The highest BCUT2D eigenvalue weighted by Crippen LogP contribution is 2.19. The zero-order valence-electron chi connectivity index (χ0n) is 7.07. The van der Waals surface area contributed by atoms with E-state index in [-0.39, 0.29) is 16.5 Å². The monoisotopic (exact) mass is 191 g/mol. The molecule has 0 bridgehead atoms. The van der Waals surface area contributed by atoms with E-state index in [2.05, 4.69) is 4.98 Å². The van der Waals surface area contributed by atoms with Crippen LogP contribution >= 0.6 is 0 Å². The van der Waals surface area contributed by atoms with Crippen molar-refractivity contribution in [2.24, 2.45) is 0 Å². The van der Waals surface area contributed by atoms with Crippen LogP contribution in [0.25, 0.3) is 10.9 Å². The number of nitrogens with zero attached hydrogens (tertiary/aromatic N) is 1. The topological polar surface area (TPSA) is 50.2 Å². The highest BCUT2D eigenvalue weighted by molar-refractivity contribution is 6.01. The third-order valence-electron chi connectivity index (χ3n) is 1.95. The van der Waals surface area contributed by atoms with Crippen molar-refractivity contribution in [3.05, 3.63) is 41.8 Å². The Hall–Kier alpha value is -1.97. The van der Waals surface area contributed by atoms with Crippen molar-refractivity contribution in [3.63, 3.8) is 0 Å². The largest absolute Gasteiger partial charge is 0.478 e. The molecule has 0 saturated heterocycles. The predicted octanol–water partition coefficient (Wildman–Crippen LogP) is 2.07. The molecule has 14 heavy (non-hydrogen) atoms. The quantitative estimate of drug-likeness (QED) is 0.750. The van der Waals surface area contributed by atoms with Crippen molar-refractivity contribution in [3.8, 4) is 0 Å². The van der Waals surface area contributed by atoms with Gasteiger partial charge in [-0.2, -0.15) is 0 Å². The number of carbonyl (C=O) groups is 1. The van der Waals surface area contributed by atoms with Gasteiger partial charge in [0.15, 0.2) is 0 Å². The van der Waals surface area contributed by atoms with Crippen molar-refractivity contribution in [2.45, 2.75) is 0 Å². The molecule has 0 atom stereocenters. The average molecular weight is 191 g/mol. The first-order valence-electron chi connectivity index (χ1n) is 3.96. The van der Waals surface area contributed by atoms with E-state index in [1.54, 1.807) is 6.07 Å². The number of carboxylic acid groups (broad SMARTS) is 1. The van der Waals surface area contributed by atoms with E-state index >= 15 is 0 Å². The molecule has 70 valence electrons. The Bertz CT molecular complexity index is 510. The molecule has 0 saturated carbocycles. The van der Waals surface area contributed by atoms with Gasteiger partial charge in [0.2, 0.25) is 0 Å². The Morgan fingerprint density at radius 3 is 2.86 bits per heavy atom. The number of halogens is 1. The molecule has 1 N–H and O–H groups in total. The van der Waals surface area contributed by atoms with Crippen molar-refractivity contribution in [2.75, 3.05) is 0 Å². The molecule has 0 aliphatic carbocycles. The summed E-state index contributed by atoms with van der Waals surface area (Å²) in [6, 6.07) is 5.42. The minimum absolute atomic E-state index is 0.0157. The van der Waals surface area contributed by atoms with Crippen LogP contribution in [0, 0.1) is 5.82 Å². The van der Waals surface area contributed by atoms with Gasteiger partial charge < -0.3 is 5.11 Å². The van der Waals surface area contributed by atoms with E-state index in [4.69, 9.17) is 5.11 Å².